The Morgan fingerprint density at radius 3 is 2.26 bits per heavy atom. The number of ether oxygens (including phenoxy) is 1. The third-order valence-corrected chi connectivity index (χ3v) is 7.35. The van der Waals surface area contributed by atoms with E-state index < -0.39 is 0 Å². The van der Waals surface area contributed by atoms with Gasteiger partial charge in [-0.25, -0.2) is 14.8 Å². The molecule has 5 rings (SSSR count). The van der Waals surface area contributed by atoms with Crippen molar-refractivity contribution in [1.82, 2.24) is 9.97 Å². The number of hydrogen-bond acceptors (Lipinski definition) is 7. The zero-order chi connectivity index (χ0) is 23.5. The van der Waals surface area contributed by atoms with Crippen molar-refractivity contribution in [3.8, 4) is 0 Å². The predicted molar refractivity (Wildman–Crippen MR) is 138 cm³/mol. The molecule has 0 spiro atoms. The molecule has 174 valence electrons. The summed E-state index contributed by atoms with van der Waals surface area (Å²) in [6, 6.07) is 20.8. The Balaban J connectivity index is 1.51. The number of esters is 1. The van der Waals surface area contributed by atoms with Crippen LogP contribution in [0.4, 0.5) is 11.5 Å². The van der Waals surface area contributed by atoms with Gasteiger partial charge in [0.25, 0.3) is 0 Å². The second kappa shape index (κ2) is 9.81. The van der Waals surface area contributed by atoms with Crippen molar-refractivity contribution in [3.63, 3.8) is 0 Å². The third-order valence-electron chi connectivity index (χ3n) is 6.18. The Hall–Kier alpha value is -3.45. The molecular weight excluding hydrogens is 444 g/mol. The number of aromatic nitrogens is 2. The summed E-state index contributed by atoms with van der Waals surface area (Å²) in [4.78, 5) is 28.8. The number of carbonyl (C=O) groups is 1. The number of anilines is 2. The van der Waals surface area contributed by atoms with Gasteiger partial charge in [-0.3, -0.25) is 0 Å². The van der Waals surface area contributed by atoms with E-state index in [1.807, 2.05) is 38.1 Å². The summed E-state index contributed by atoms with van der Waals surface area (Å²) >= 11 is 1.41. The van der Waals surface area contributed by atoms with E-state index in [1.165, 1.54) is 22.6 Å². The lowest BCUT2D eigenvalue weighted by Crippen LogP contribution is -2.47. The van der Waals surface area contributed by atoms with Gasteiger partial charge in [0, 0.05) is 38.3 Å². The number of benzene rings is 2. The molecule has 1 aliphatic heterocycles. The van der Waals surface area contributed by atoms with E-state index in [9.17, 15) is 4.79 Å². The summed E-state index contributed by atoms with van der Waals surface area (Å²) in [5.41, 5.74) is 3.32. The molecular formula is C27H28N4O2S. The number of piperazine rings is 1. The second-order valence-corrected chi connectivity index (χ2v) is 9.39. The van der Waals surface area contributed by atoms with Crippen LogP contribution in [0.5, 0.6) is 0 Å². The van der Waals surface area contributed by atoms with Crippen LogP contribution in [0.15, 0.2) is 60.7 Å². The standard InChI is InChI=1S/C27H28N4O2S/c1-3-33-27(32)24-19(2)23-25(31-16-14-30(15-17-31)21-12-8-5-9-13-21)28-22(29-26(23)34-24)18-20-10-6-4-7-11-20/h4-13H,3,14-18H2,1-2H3. The molecule has 0 aliphatic carbocycles. The number of para-hydroxylation sites is 1. The van der Waals surface area contributed by atoms with E-state index in [4.69, 9.17) is 14.7 Å². The number of rotatable bonds is 6. The lowest BCUT2D eigenvalue weighted by atomic mass is 10.1. The Bertz CT molecular complexity index is 1280. The molecule has 0 saturated carbocycles. The third kappa shape index (κ3) is 4.48. The van der Waals surface area contributed by atoms with Gasteiger partial charge in [-0.2, -0.15) is 0 Å². The van der Waals surface area contributed by atoms with Gasteiger partial charge in [0.2, 0.25) is 0 Å². The van der Waals surface area contributed by atoms with Crippen molar-refractivity contribution in [1.29, 1.82) is 0 Å². The van der Waals surface area contributed by atoms with E-state index in [0.29, 0.717) is 17.9 Å². The minimum absolute atomic E-state index is 0.285. The van der Waals surface area contributed by atoms with Gasteiger partial charge in [-0.15, -0.1) is 11.3 Å². The number of thiophene rings is 1. The Kier molecular flexibility index (Phi) is 6.45. The highest BCUT2D eigenvalue weighted by atomic mass is 32.1. The van der Waals surface area contributed by atoms with Gasteiger partial charge in [-0.05, 0) is 37.1 Å². The van der Waals surface area contributed by atoms with Crippen LogP contribution in [-0.2, 0) is 11.2 Å². The molecule has 7 heteroatoms. The molecule has 1 aliphatic rings. The molecule has 1 fully saturated rings. The van der Waals surface area contributed by atoms with Crippen molar-refractivity contribution in [2.45, 2.75) is 20.3 Å². The molecule has 2 aromatic heterocycles. The fourth-order valence-electron chi connectivity index (χ4n) is 4.45. The average Bonchev–Trinajstić information content (AvgIpc) is 3.21. The highest BCUT2D eigenvalue weighted by molar-refractivity contribution is 7.20. The van der Waals surface area contributed by atoms with Crippen LogP contribution in [0.2, 0.25) is 0 Å². The van der Waals surface area contributed by atoms with E-state index in [0.717, 1.165) is 53.6 Å². The van der Waals surface area contributed by atoms with Crippen molar-refractivity contribution in [2.75, 3.05) is 42.6 Å². The topological polar surface area (TPSA) is 58.6 Å². The molecule has 0 unspecified atom stereocenters. The molecule has 2 aromatic carbocycles. The number of hydrogen-bond donors (Lipinski definition) is 0. The Morgan fingerprint density at radius 1 is 0.941 bits per heavy atom. The van der Waals surface area contributed by atoms with Crippen molar-refractivity contribution < 1.29 is 9.53 Å². The number of carbonyl (C=O) groups excluding carboxylic acids is 1. The van der Waals surface area contributed by atoms with E-state index in [1.54, 1.807) is 0 Å². The van der Waals surface area contributed by atoms with Crippen LogP contribution >= 0.6 is 11.3 Å². The Labute approximate surface area is 203 Å². The van der Waals surface area contributed by atoms with Gasteiger partial charge in [0.1, 0.15) is 21.3 Å². The lowest BCUT2D eigenvalue weighted by molar-refractivity contribution is 0.0531. The molecule has 0 atom stereocenters. The molecule has 34 heavy (non-hydrogen) atoms. The zero-order valence-electron chi connectivity index (χ0n) is 19.5. The predicted octanol–water partition coefficient (Wildman–Crippen LogP) is 5.09. The maximum Gasteiger partial charge on any atom is 0.348 e. The largest absolute Gasteiger partial charge is 0.462 e. The van der Waals surface area contributed by atoms with Crippen molar-refractivity contribution in [3.05, 3.63) is 82.5 Å². The fraction of sp³-hybridized carbons (Fsp3) is 0.296. The van der Waals surface area contributed by atoms with Crippen LogP contribution in [0, 0.1) is 6.92 Å². The lowest BCUT2D eigenvalue weighted by Gasteiger charge is -2.37. The summed E-state index contributed by atoms with van der Waals surface area (Å²) in [5, 5.41) is 0.970. The number of fused-ring (bicyclic) bond motifs is 1. The van der Waals surface area contributed by atoms with Crippen LogP contribution in [0.1, 0.15) is 33.5 Å². The first-order chi connectivity index (χ1) is 16.6. The normalized spacial score (nSPS) is 13.9. The first-order valence-electron chi connectivity index (χ1n) is 11.7. The van der Waals surface area contributed by atoms with E-state index in [-0.39, 0.29) is 5.97 Å². The maximum atomic E-state index is 12.6. The molecule has 0 amide bonds. The summed E-state index contributed by atoms with van der Waals surface area (Å²) in [5.74, 6) is 1.41. The molecule has 0 bridgehead atoms. The minimum Gasteiger partial charge on any atom is -0.462 e. The van der Waals surface area contributed by atoms with Crippen LogP contribution in [0.25, 0.3) is 10.2 Å². The van der Waals surface area contributed by atoms with E-state index in [2.05, 4.69) is 46.2 Å². The number of aryl methyl sites for hydroxylation is 1. The van der Waals surface area contributed by atoms with E-state index >= 15 is 0 Å². The van der Waals surface area contributed by atoms with Crippen LogP contribution in [-0.4, -0.2) is 48.7 Å². The average molecular weight is 473 g/mol. The molecule has 0 radical (unpaired) electrons. The van der Waals surface area contributed by atoms with Crippen molar-refractivity contribution in [2.24, 2.45) is 0 Å². The van der Waals surface area contributed by atoms with Gasteiger partial charge >= 0.3 is 5.97 Å². The quantitative estimate of drug-likeness (QED) is 0.364. The molecule has 1 saturated heterocycles. The van der Waals surface area contributed by atoms with Gasteiger partial charge in [-0.1, -0.05) is 48.5 Å². The molecule has 4 aromatic rings. The fourth-order valence-corrected chi connectivity index (χ4v) is 5.54. The van der Waals surface area contributed by atoms with Gasteiger partial charge in [0.15, 0.2) is 0 Å². The second-order valence-electron chi connectivity index (χ2n) is 8.39. The first-order valence-corrected chi connectivity index (χ1v) is 12.5. The van der Waals surface area contributed by atoms with Crippen LogP contribution < -0.4 is 9.80 Å². The summed E-state index contributed by atoms with van der Waals surface area (Å²) in [6.07, 6.45) is 0.652. The van der Waals surface area contributed by atoms with Gasteiger partial charge in [0.05, 0.1) is 12.0 Å². The zero-order valence-corrected chi connectivity index (χ0v) is 20.3. The highest BCUT2D eigenvalue weighted by Gasteiger charge is 2.26. The Morgan fingerprint density at radius 2 is 1.59 bits per heavy atom. The van der Waals surface area contributed by atoms with Gasteiger partial charge < -0.3 is 14.5 Å². The van der Waals surface area contributed by atoms with Crippen molar-refractivity contribution >= 4 is 39.0 Å². The number of nitrogens with zero attached hydrogens (tertiary/aromatic N) is 4. The van der Waals surface area contributed by atoms with Crippen LogP contribution in [0.3, 0.4) is 0 Å². The molecule has 6 nitrogen and oxygen atoms in total. The SMILES string of the molecule is CCOC(=O)c1sc2nc(Cc3ccccc3)nc(N3CCN(c4ccccc4)CC3)c2c1C. The first kappa shape index (κ1) is 22.3. The smallest absolute Gasteiger partial charge is 0.348 e. The summed E-state index contributed by atoms with van der Waals surface area (Å²) in [7, 11) is 0. The minimum atomic E-state index is -0.285. The monoisotopic (exact) mass is 472 g/mol. The maximum absolute atomic E-state index is 12.6. The molecule has 0 N–H and O–H groups in total. The molecule has 3 heterocycles. The summed E-state index contributed by atoms with van der Waals surface area (Å²) < 4.78 is 5.32. The highest BCUT2D eigenvalue weighted by Crippen LogP contribution is 2.36. The summed E-state index contributed by atoms with van der Waals surface area (Å²) in [6.45, 7) is 7.71.